The third-order valence-electron chi connectivity index (χ3n) is 4.35. The summed E-state index contributed by atoms with van der Waals surface area (Å²) in [7, 11) is 1.36. The van der Waals surface area contributed by atoms with Crippen LogP contribution in [-0.2, 0) is 17.9 Å². The van der Waals surface area contributed by atoms with Crippen LogP contribution in [0, 0.1) is 0 Å². The second kappa shape index (κ2) is 11.5. The Morgan fingerprint density at radius 1 is 0.968 bits per heavy atom. The largest absolute Gasteiger partial charge is 0.488 e. The predicted molar refractivity (Wildman–Crippen MR) is 125 cm³/mol. The van der Waals surface area contributed by atoms with Crippen LogP contribution >= 0.6 is 12.2 Å². The van der Waals surface area contributed by atoms with Crippen LogP contribution in [0.2, 0.25) is 0 Å². The number of nitrogens with zero attached hydrogens (tertiary/aromatic N) is 1. The molecule has 158 valence electrons. The molecular formula is C24H23N3O3S. The molecule has 3 aromatic carbocycles. The SMILES string of the molecule is COC(=O)c1ccc(COc2ccccc2/C=N/NC(=S)NCc2ccccc2)cc1. The van der Waals surface area contributed by atoms with E-state index < -0.39 is 0 Å². The van der Waals surface area contributed by atoms with Crippen LogP contribution in [0.5, 0.6) is 5.75 Å². The zero-order valence-electron chi connectivity index (χ0n) is 17.1. The van der Waals surface area contributed by atoms with Gasteiger partial charge in [0.25, 0.3) is 0 Å². The molecule has 0 atom stereocenters. The van der Waals surface area contributed by atoms with E-state index in [-0.39, 0.29) is 5.97 Å². The molecule has 3 rings (SSSR count). The van der Waals surface area contributed by atoms with Gasteiger partial charge >= 0.3 is 5.97 Å². The molecule has 6 nitrogen and oxygen atoms in total. The lowest BCUT2D eigenvalue weighted by Gasteiger charge is -2.10. The highest BCUT2D eigenvalue weighted by Gasteiger charge is 2.06. The lowest BCUT2D eigenvalue weighted by atomic mass is 10.1. The van der Waals surface area contributed by atoms with E-state index >= 15 is 0 Å². The van der Waals surface area contributed by atoms with Crippen molar-refractivity contribution in [2.24, 2.45) is 5.10 Å². The Kier molecular flexibility index (Phi) is 8.13. The van der Waals surface area contributed by atoms with Gasteiger partial charge in [0.2, 0.25) is 0 Å². The maximum absolute atomic E-state index is 11.5. The first-order valence-corrected chi connectivity index (χ1v) is 10.1. The number of thiocarbonyl (C=S) groups is 1. The number of esters is 1. The summed E-state index contributed by atoms with van der Waals surface area (Å²) in [5, 5.41) is 7.74. The van der Waals surface area contributed by atoms with Gasteiger partial charge in [-0.05, 0) is 47.6 Å². The minimum atomic E-state index is -0.363. The van der Waals surface area contributed by atoms with Gasteiger partial charge in [-0.15, -0.1) is 0 Å². The highest BCUT2D eigenvalue weighted by atomic mass is 32.1. The summed E-state index contributed by atoms with van der Waals surface area (Å²) in [6.45, 7) is 0.980. The first-order chi connectivity index (χ1) is 15.2. The zero-order valence-corrected chi connectivity index (χ0v) is 17.9. The lowest BCUT2D eigenvalue weighted by molar-refractivity contribution is 0.0600. The van der Waals surface area contributed by atoms with Gasteiger partial charge in [-0.3, -0.25) is 5.43 Å². The standard InChI is InChI=1S/C24H23N3O3S/c1-29-23(28)20-13-11-19(12-14-20)17-30-22-10-6-5-9-21(22)16-26-27-24(31)25-15-18-7-3-2-4-8-18/h2-14,16H,15,17H2,1H3,(H2,25,27,31)/b26-16+. The Hall–Kier alpha value is -3.71. The maximum atomic E-state index is 11.5. The van der Waals surface area contributed by atoms with Crippen molar-refractivity contribution < 1.29 is 14.3 Å². The number of nitrogens with one attached hydrogen (secondary N) is 2. The number of carbonyl (C=O) groups excluding carboxylic acids is 1. The minimum Gasteiger partial charge on any atom is -0.488 e. The molecule has 0 aliphatic heterocycles. The Bertz CT molecular complexity index is 1040. The number of para-hydroxylation sites is 1. The first-order valence-electron chi connectivity index (χ1n) is 9.65. The van der Waals surface area contributed by atoms with Crippen LogP contribution in [0.25, 0.3) is 0 Å². The fourth-order valence-corrected chi connectivity index (χ4v) is 2.84. The molecule has 7 heteroatoms. The molecule has 0 aromatic heterocycles. The van der Waals surface area contributed by atoms with E-state index in [1.807, 2.05) is 66.7 Å². The van der Waals surface area contributed by atoms with E-state index in [0.29, 0.717) is 29.6 Å². The summed E-state index contributed by atoms with van der Waals surface area (Å²) in [6.07, 6.45) is 1.66. The molecule has 0 spiro atoms. The number of methoxy groups -OCH3 is 1. The van der Waals surface area contributed by atoms with Crippen LogP contribution in [0.4, 0.5) is 0 Å². The zero-order chi connectivity index (χ0) is 21.9. The van der Waals surface area contributed by atoms with Gasteiger partial charge in [-0.25, -0.2) is 4.79 Å². The summed E-state index contributed by atoms with van der Waals surface area (Å²) in [5.41, 5.74) is 6.20. The molecule has 0 saturated heterocycles. The van der Waals surface area contributed by atoms with Crippen molar-refractivity contribution in [2.75, 3.05) is 7.11 Å². The highest BCUT2D eigenvalue weighted by Crippen LogP contribution is 2.18. The molecule has 3 aromatic rings. The molecular weight excluding hydrogens is 410 g/mol. The van der Waals surface area contributed by atoms with Crippen molar-refractivity contribution in [1.82, 2.24) is 10.7 Å². The van der Waals surface area contributed by atoms with Crippen molar-refractivity contribution in [3.8, 4) is 5.75 Å². The van der Waals surface area contributed by atoms with E-state index in [1.165, 1.54) is 7.11 Å². The van der Waals surface area contributed by atoms with Crippen LogP contribution in [0.3, 0.4) is 0 Å². The highest BCUT2D eigenvalue weighted by molar-refractivity contribution is 7.80. The van der Waals surface area contributed by atoms with Gasteiger partial charge in [0.1, 0.15) is 12.4 Å². The number of hydrogen-bond donors (Lipinski definition) is 2. The Morgan fingerprint density at radius 2 is 1.68 bits per heavy atom. The number of hydrazone groups is 1. The smallest absolute Gasteiger partial charge is 0.337 e. The maximum Gasteiger partial charge on any atom is 0.337 e. The fourth-order valence-electron chi connectivity index (χ4n) is 2.71. The van der Waals surface area contributed by atoms with E-state index in [1.54, 1.807) is 18.3 Å². The molecule has 0 saturated carbocycles. The van der Waals surface area contributed by atoms with Crippen LogP contribution in [0.1, 0.15) is 27.0 Å². The third kappa shape index (κ3) is 6.94. The van der Waals surface area contributed by atoms with E-state index in [4.69, 9.17) is 21.7 Å². The van der Waals surface area contributed by atoms with Gasteiger partial charge in [0.15, 0.2) is 5.11 Å². The van der Waals surface area contributed by atoms with Gasteiger partial charge in [0, 0.05) is 12.1 Å². The molecule has 0 unspecified atom stereocenters. The summed E-state index contributed by atoms with van der Waals surface area (Å²) in [5.74, 6) is 0.325. The van der Waals surface area contributed by atoms with Gasteiger partial charge in [0.05, 0.1) is 18.9 Å². The summed E-state index contributed by atoms with van der Waals surface area (Å²) in [4.78, 5) is 11.5. The quantitative estimate of drug-likeness (QED) is 0.242. The first kappa shape index (κ1) is 22.0. The number of ether oxygens (including phenoxy) is 2. The number of rotatable bonds is 8. The van der Waals surface area contributed by atoms with Crippen molar-refractivity contribution in [3.63, 3.8) is 0 Å². The Labute approximate surface area is 186 Å². The average molecular weight is 434 g/mol. The van der Waals surface area contributed by atoms with E-state index in [2.05, 4.69) is 15.8 Å². The Morgan fingerprint density at radius 3 is 2.42 bits per heavy atom. The van der Waals surface area contributed by atoms with Gasteiger partial charge < -0.3 is 14.8 Å². The minimum absolute atomic E-state index is 0.358. The number of carbonyl (C=O) groups is 1. The third-order valence-corrected chi connectivity index (χ3v) is 4.59. The van der Waals surface area contributed by atoms with Crippen LogP contribution < -0.4 is 15.5 Å². The second-order valence-corrected chi connectivity index (χ2v) is 6.96. The number of benzene rings is 3. The van der Waals surface area contributed by atoms with Crippen LogP contribution in [-0.4, -0.2) is 24.4 Å². The molecule has 0 bridgehead atoms. The normalized spacial score (nSPS) is 10.5. The number of hydrogen-bond acceptors (Lipinski definition) is 5. The summed E-state index contributed by atoms with van der Waals surface area (Å²) >= 11 is 5.25. The van der Waals surface area contributed by atoms with Crippen molar-refractivity contribution in [1.29, 1.82) is 0 Å². The molecule has 0 heterocycles. The van der Waals surface area contributed by atoms with Crippen molar-refractivity contribution in [3.05, 3.63) is 101 Å². The lowest BCUT2D eigenvalue weighted by Crippen LogP contribution is -2.31. The Balaban J connectivity index is 1.52. The van der Waals surface area contributed by atoms with Crippen molar-refractivity contribution >= 4 is 29.5 Å². The van der Waals surface area contributed by atoms with E-state index in [0.717, 1.165) is 16.7 Å². The van der Waals surface area contributed by atoms with Crippen LogP contribution in [0.15, 0.2) is 84.0 Å². The summed E-state index contributed by atoms with van der Waals surface area (Å²) < 4.78 is 10.6. The molecule has 0 radical (unpaired) electrons. The molecule has 31 heavy (non-hydrogen) atoms. The topological polar surface area (TPSA) is 72.0 Å². The fraction of sp³-hybridized carbons (Fsp3) is 0.125. The molecule has 0 aliphatic rings. The molecule has 0 amide bonds. The van der Waals surface area contributed by atoms with E-state index in [9.17, 15) is 4.79 Å². The van der Waals surface area contributed by atoms with Gasteiger partial charge in [-0.1, -0.05) is 54.6 Å². The average Bonchev–Trinajstić information content (AvgIpc) is 2.82. The second-order valence-electron chi connectivity index (χ2n) is 6.55. The predicted octanol–water partition coefficient (Wildman–Crippen LogP) is 4.05. The molecule has 0 aliphatic carbocycles. The molecule has 2 N–H and O–H groups in total. The monoisotopic (exact) mass is 433 g/mol. The van der Waals surface area contributed by atoms with Crippen molar-refractivity contribution in [2.45, 2.75) is 13.2 Å². The molecule has 0 fully saturated rings. The summed E-state index contributed by atoms with van der Waals surface area (Å²) in [6, 6.07) is 24.7. The van der Waals surface area contributed by atoms with Gasteiger partial charge in [-0.2, -0.15) is 5.10 Å².